The molecule has 1 aromatic carbocycles. The van der Waals surface area contributed by atoms with Crippen molar-refractivity contribution in [1.29, 1.82) is 0 Å². The van der Waals surface area contributed by atoms with Crippen LogP contribution in [0.1, 0.15) is 23.2 Å². The molecule has 8 nitrogen and oxygen atoms in total. The van der Waals surface area contributed by atoms with E-state index in [-0.39, 0.29) is 30.6 Å². The summed E-state index contributed by atoms with van der Waals surface area (Å²) in [5.41, 5.74) is 2.85. The lowest BCUT2D eigenvalue weighted by Crippen LogP contribution is -2.29. The Morgan fingerprint density at radius 3 is 2.50 bits per heavy atom. The van der Waals surface area contributed by atoms with Crippen LogP contribution in [0.5, 0.6) is 0 Å². The number of hydrogen-bond donors (Lipinski definition) is 1. The predicted molar refractivity (Wildman–Crippen MR) is 100 cm³/mol. The van der Waals surface area contributed by atoms with E-state index in [2.05, 4.69) is 10.4 Å². The van der Waals surface area contributed by atoms with Gasteiger partial charge in [-0.2, -0.15) is 5.10 Å². The van der Waals surface area contributed by atoms with E-state index >= 15 is 0 Å². The van der Waals surface area contributed by atoms with E-state index in [0.29, 0.717) is 24.3 Å². The number of aromatic nitrogens is 2. The van der Waals surface area contributed by atoms with E-state index in [4.69, 9.17) is 4.42 Å². The van der Waals surface area contributed by atoms with E-state index in [1.54, 1.807) is 47.7 Å². The number of nitrogens with zero attached hydrogens (tertiary/aromatic N) is 3. The van der Waals surface area contributed by atoms with E-state index < -0.39 is 0 Å². The normalized spacial score (nSPS) is 13.9. The molecular formula is C20H18N4O4. The van der Waals surface area contributed by atoms with Crippen molar-refractivity contribution in [3.63, 3.8) is 0 Å². The third-order valence-electron chi connectivity index (χ3n) is 4.55. The predicted octanol–water partition coefficient (Wildman–Crippen LogP) is 2.23. The maximum Gasteiger partial charge on any atom is 0.251 e. The first-order valence-corrected chi connectivity index (χ1v) is 8.91. The number of carbonyl (C=O) groups excluding carboxylic acids is 3. The maximum absolute atomic E-state index is 12.3. The average molecular weight is 378 g/mol. The van der Waals surface area contributed by atoms with Gasteiger partial charge in [0, 0.05) is 42.3 Å². The summed E-state index contributed by atoms with van der Waals surface area (Å²) in [6.07, 6.45) is 7.35. The van der Waals surface area contributed by atoms with Crippen LogP contribution in [0.15, 0.2) is 59.7 Å². The lowest BCUT2D eigenvalue weighted by Gasteiger charge is -2.14. The number of amides is 3. The fourth-order valence-corrected chi connectivity index (χ4v) is 3.08. The summed E-state index contributed by atoms with van der Waals surface area (Å²) in [5.74, 6) is -0.653. The molecule has 1 aliphatic heterocycles. The van der Waals surface area contributed by atoms with E-state index in [0.717, 1.165) is 16.0 Å². The van der Waals surface area contributed by atoms with Gasteiger partial charge in [-0.25, -0.2) is 0 Å². The van der Waals surface area contributed by atoms with Gasteiger partial charge in [-0.15, -0.1) is 0 Å². The summed E-state index contributed by atoms with van der Waals surface area (Å²) in [6, 6.07) is 8.29. The second-order valence-electron chi connectivity index (χ2n) is 6.43. The molecule has 0 unspecified atom stereocenters. The zero-order valence-corrected chi connectivity index (χ0v) is 15.0. The van der Waals surface area contributed by atoms with E-state index in [1.165, 1.54) is 0 Å². The van der Waals surface area contributed by atoms with Gasteiger partial charge in [-0.3, -0.25) is 24.0 Å². The van der Waals surface area contributed by atoms with Crippen molar-refractivity contribution in [3.8, 4) is 11.1 Å². The Balaban J connectivity index is 1.32. The lowest BCUT2D eigenvalue weighted by atomic mass is 10.2. The second-order valence-corrected chi connectivity index (χ2v) is 6.43. The number of carbonyl (C=O) groups is 3. The molecule has 0 atom stereocenters. The summed E-state index contributed by atoms with van der Waals surface area (Å²) in [4.78, 5) is 37.0. The topological polar surface area (TPSA) is 97.4 Å². The summed E-state index contributed by atoms with van der Waals surface area (Å²) in [6.45, 7) is 0.939. The molecule has 0 saturated carbocycles. The van der Waals surface area contributed by atoms with Gasteiger partial charge in [-0.05, 0) is 30.3 Å². The van der Waals surface area contributed by atoms with Crippen molar-refractivity contribution in [1.82, 2.24) is 15.1 Å². The Labute approximate surface area is 160 Å². The van der Waals surface area contributed by atoms with Crippen molar-refractivity contribution in [2.24, 2.45) is 0 Å². The van der Waals surface area contributed by atoms with E-state index in [9.17, 15) is 14.4 Å². The molecule has 1 saturated heterocycles. The first-order valence-electron chi connectivity index (χ1n) is 8.91. The van der Waals surface area contributed by atoms with Crippen molar-refractivity contribution in [2.75, 3.05) is 11.4 Å². The zero-order valence-electron chi connectivity index (χ0n) is 15.0. The van der Waals surface area contributed by atoms with Crippen molar-refractivity contribution < 1.29 is 18.8 Å². The fourth-order valence-electron chi connectivity index (χ4n) is 3.08. The quantitative estimate of drug-likeness (QED) is 0.664. The second kappa shape index (κ2) is 7.51. The highest BCUT2D eigenvalue weighted by atomic mass is 16.3. The van der Waals surface area contributed by atoms with Crippen LogP contribution in [-0.4, -0.2) is 34.0 Å². The number of nitrogens with one attached hydrogen (secondary N) is 1. The molecule has 0 aliphatic carbocycles. The van der Waals surface area contributed by atoms with Gasteiger partial charge in [0.1, 0.15) is 0 Å². The van der Waals surface area contributed by atoms with Gasteiger partial charge >= 0.3 is 0 Å². The number of anilines is 1. The number of rotatable bonds is 6. The van der Waals surface area contributed by atoms with Crippen LogP contribution in [0.3, 0.4) is 0 Å². The highest BCUT2D eigenvalue weighted by Crippen LogP contribution is 2.22. The molecule has 4 rings (SSSR count). The van der Waals surface area contributed by atoms with Gasteiger partial charge in [0.05, 0.1) is 31.0 Å². The molecule has 3 heterocycles. The number of imide groups is 1. The van der Waals surface area contributed by atoms with Gasteiger partial charge in [0.15, 0.2) is 0 Å². The average Bonchev–Trinajstić information content (AvgIpc) is 3.44. The monoisotopic (exact) mass is 378 g/mol. The van der Waals surface area contributed by atoms with E-state index in [1.807, 2.05) is 12.3 Å². The minimum absolute atomic E-state index is 0.212. The molecule has 28 heavy (non-hydrogen) atoms. The molecule has 0 bridgehead atoms. The Morgan fingerprint density at radius 1 is 1.07 bits per heavy atom. The molecule has 1 aliphatic rings. The molecule has 8 heteroatoms. The van der Waals surface area contributed by atoms with Crippen molar-refractivity contribution in [2.45, 2.75) is 19.4 Å². The van der Waals surface area contributed by atoms with Gasteiger partial charge in [0.2, 0.25) is 11.8 Å². The van der Waals surface area contributed by atoms with Crippen LogP contribution in [0.25, 0.3) is 11.1 Å². The minimum Gasteiger partial charge on any atom is -0.472 e. The first-order chi connectivity index (χ1) is 13.6. The number of hydrogen-bond acceptors (Lipinski definition) is 5. The van der Waals surface area contributed by atoms with Crippen LogP contribution in [0, 0.1) is 0 Å². The lowest BCUT2D eigenvalue weighted by molar-refractivity contribution is -0.121. The van der Waals surface area contributed by atoms with Crippen LogP contribution >= 0.6 is 0 Å². The van der Waals surface area contributed by atoms with Crippen LogP contribution in [0.2, 0.25) is 0 Å². The molecule has 3 aromatic rings. The molecule has 1 N–H and O–H groups in total. The smallest absolute Gasteiger partial charge is 0.251 e. The summed E-state index contributed by atoms with van der Waals surface area (Å²) >= 11 is 0. The maximum atomic E-state index is 12.3. The van der Waals surface area contributed by atoms with Gasteiger partial charge in [0.25, 0.3) is 5.91 Å². The Hall–Kier alpha value is -3.68. The van der Waals surface area contributed by atoms with Crippen LogP contribution in [-0.2, 0) is 16.1 Å². The third-order valence-corrected chi connectivity index (χ3v) is 4.55. The van der Waals surface area contributed by atoms with Crippen LogP contribution < -0.4 is 10.2 Å². The molecule has 0 spiro atoms. The molecule has 3 amide bonds. The highest BCUT2D eigenvalue weighted by molar-refractivity contribution is 6.19. The third kappa shape index (κ3) is 3.57. The summed E-state index contributed by atoms with van der Waals surface area (Å²) < 4.78 is 6.80. The molecule has 0 radical (unpaired) electrons. The summed E-state index contributed by atoms with van der Waals surface area (Å²) in [7, 11) is 0. The molecule has 142 valence electrons. The summed E-state index contributed by atoms with van der Waals surface area (Å²) in [5, 5.41) is 7.10. The van der Waals surface area contributed by atoms with Gasteiger partial charge in [-0.1, -0.05) is 0 Å². The molecule has 2 aromatic heterocycles. The highest BCUT2D eigenvalue weighted by Gasteiger charge is 2.30. The van der Waals surface area contributed by atoms with Gasteiger partial charge < -0.3 is 9.73 Å². The van der Waals surface area contributed by atoms with Crippen LogP contribution in [0.4, 0.5) is 5.69 Å². The molecular weight excluding hydrogens is 360 g/mol. The van der Waals surface area contributed by atoms with Crippen molar-refractivity contribution >= 4 is 23.4 Å². The number of furan rings is 1. The Bertz CT molecular complexity index is 989. The Morgan fingerprint density at radius 2 is 1.82 bits per heavy atom. The fraction of sp³-hybridized carbons (Fsp3) is 0.200. The van der Waals surface area contributed by atoms with Crippen molar-refractivity contribution in [3.05, 3.63) is 60.8 Å². The Kier molecular flexibility index (Phi) is 4.76. The number of benzene rings is 1. The SMILES string of the molecule is O=C(NCCn1cc(-c2ccoc2)cn1)c1ccc(N2C(=O)CCC2=O)cc1. The first kappa shape index (κ1) is 17.7. The largest absolute Gasteiger partial charge is 0.472 e. The minimum atomic E-state index is -0.229. The molecule has 1 fully saturated rings. The zero-order chi connectivity index (χ0) is 19.5. The standard InChI is InChI=1S/C20H18N4O4/c25-18-5-6-19(26)24(18)17-3-1-14(2-4-17)20(27)21-8-9-23-12-16(11-22-23)15-7-10-28-13-15/h1-4,7,10-13H,5-6,8-9H2,(H,21,27).